The summed E-state index contributed by atoms with van der Waals surface area (Å²) in [4.78, 5) is 14.2. The highest BCUT2D eigenvalue weighted by Gasteiger charge is 2.20. The van der Waals surface area contributed by atoms with Crippen LogP contribution in [-0.2, 0) is 9.53 Å². The number of likely N-dealkylation sites (N-methyl/N-ethyl adjacent to an activating group) is 1. The van der Waals surface area contributed by atoms with Crippen LogP contribution in [0.25, 0.3) is 0 Å². The summed E-state index contributed by atoms with van der Waals surface area (Å²) in [7, 11) is 0. The van der Waals surface area contributed by atoms with Crippen LogP contribution in [0, 0.1) is 5.92 Å². The smallest absolute Gasteiger partial charge is 0.220 e. The standard InChI is InChI=1S/C15H29N3O2/c1-2-18-8-9-20-14(12-18)11-17-15(19)6-5-13-4-3-7-16-10-13/h13-14,16H,2-12H2,1H3,(H,17,19). The van der Waals surface area contributed by atoms with E-state index in [4.69, 9.17) is 4.74 Å². The third kappa shape index (κ3) is 5.38. The molecule has 2 N–H and O–H groups in total. The molecule has 5 heteroatoms. The van der Waals surface area contributed by atoms with E-state index in [1.807, 2.05) is 0 Å². The summed E-state index contributed by atoms with van der Waals surface area (Å²) in [5, 5.41) is 6.42. The zero-order chi connectivity index (χ0) is 14.2. The maximum absolute atomic E-state index is 11.9. The summed E-state index contributed by atoms with van der Waals surface area (Å²) >= 11 is 0. The number of carbonyl (C=O) groups is 1. The summed E-state index contributed by atoms with van der Waals surface area (Å²) in [6.45, 7) is 8.81. The van der Waals surface area contributed by atoms with Crippen LogP contribution in [-0.4, -0.2) is 62.8 Å². The van der Waals surface area contributed by atoms with Crippen LogP contribution in [0.5, 0.6) is 0 Å². The van der Waals surface area contributed by atoms with Crippen molar-refractivity contribution in [3.63, 3.8) is 0 Å². The molecule has 2 heterocycles. The van der Waals surface area contributed by atoms with E-state index in [1.54, 1.807) is 0 Å². The van der Waals surface area contributed by atoms with Gasteiger partial charge in [-0.2, -0.15) is 0 Å². The van der Waals surface area contributed by atoms with Crippen molar-refractivity contribution >= 4 is 5.91 Å². The van der Waals surface area contributed by atoms with E-state index in [2.05, 4.69) is 22.5 Å². The van der Waals surface area contributed by atoms with Crippen LogP contribution in [0.2, 0.25) is 0 Å². The van der Waals surface area contributed by atoms with Crippen molar-refractivity contribution in [3.05, 3.63) is 0 Å². The van der Waals surface area contributed by atoms with Crippen LogP contribution in [0.1, 0.15) is 32.6 Å². The quantitative estimate of drug-likeness (QED) is 0.750. The first-order valence-corrected chi connectivity index (χ1v) is 8.09. The number of nitrogens with zero attached hydrogens (tertiary/aromatic N) is 1. The molecule has 2 saturated heterocycles. The second-order valence-electron chi connectivity index (χ2n) is 5.94. The van der Waals surface area contributed by atoms with E-state index in [1.165, 1.54) is 12.8 Å². The first-order chi connectivity index (χ1) is 9.78. The molecule has 2 rings (SSSR count). The molecular formula is C15H29N3O2. The molecule has 0 bridgehead atoms. The molecule has 20 heavy (non-hydrogen) atoms. The van der Waals surface area contributed by atoms with Crippen molar-refractivity contribution < 1.29 is 9.53 Å². The highest BCUT2D eigenvalue weighted by Crippen LogP contribution is 2.15. The highest BCUT2D eigenvalue weighted by molar-refractivity contribution is 5.75. The molecule has 0 spiro atoms. The van der Waals surface area contributed by atoms with Crippen LogP contribution in [0.3, 0.4) is 0 Å². The number of nitrogens with one attached hydrogen (secondary N) is 2. The summed E-state index contributed by atoms with van der Waals surface area (Å²) in [6, 6.07) is 0. The topological polar surface area (TPSA) is 53.6 Å². The molecule has 0 aromatic carbocycles. The maximum atomic E-state index is 11.9. The third-order valence-electron chi connectivity index (χ3n) is 4.38. The molecule has 2 aliphatic rings. The number of ether oxygens (including phenoxy) is 1. The van der Waals surface area contributed by atoms with Crippen LogP contribution < -0.4 is 10.6 Å². The van der Waals surface area contributed by atoms with Gasteiger partial charge < -0.3 is 15.4 Å². The predicted octanol–water partition coefficient (Wildman–Crippen LogP) is 0.603. The first kappa shape index (κ1) is 15.7. The third-order valence-corrected chi connectivity index (χ3v) is 4.38. The number of carbonyl (C=O) groups excluding carboxylic acids is 1. The van der Waals surface area contributed by atoms with E-state index in [-0.39, 0.29) is 12.0 Å². The lowest BCUT2D eigenvalue weighted by molar-refractivity contribution is -0.122. The molecule has 0 saturated carbocycles. The number of morpholine rings is 1. The lowest BCUT2D eigenvalue weighted by Gasteiger charge is -2.32. The summed E-state index contributed by atoms with van der Waals surface area (Å²) in [5.74, 6) is 0.851. The average molecular weight is 283 g/mol. The van der Waals surface area contributed by atoms with Gasteiger partial charge in [-0.15, -0.1) is 0 Å². The van der Waals surface area contributed by atoms with Gasteiger partial charge in [0.05, 0.1) is 12.7 Å². The Labute approximate surface area is 122 Å². The number of rotatable bonds is 6. The SMILES string of the molecule is CCN1CCOC(CNC(=O)CCC2CCCNC2)C1. The minimum atomic E-state index is 0.156. The van der Waals surface area contributed by atoms with Crippen molar-refractivity contribution in [2.24, 2.45) is 5.92 Å². The van der Waals surface area contributed by atoms with Crippen molar-refractivity contribution in [1.29, 1.82) is 0 Å². The summed E-state index contributed by atoms with van der Waals surface area (Å²) in [5.41, 5.74) is 0. The Morgan fingerprint density at radius 2 is 2.40 bits per heavy atom. The van der Waals surface area contributed by atoms with Gasteiger partial charge >= 0.3 is 0 Å². The van der Waals surface area contributed by atoms with Gasteiger partial charge in [0.25, 0.3) is 0 Å². The molecule has 2 fully saturated rings. The normalized spacial score (nSPS) is 28.2. The van der Waals surface area contributed by atoms with Crippen LogP contribution in [0.4, 0.5) is 0 Å². The molecule has 116 valence electrons. The fourth-order valence-electron chi connectivity index (χ4n) is 3.01. The Balaban J connectivity index is 1.57. The largest absolute Gasteiger partial charge is 0.374 e. The molecule has 1 amide bonds. The monoisotopic (exact) mass is 283 g/mol. The Morgan fingerprint density at radius 3 is 3.15 bits per heavy atom. The lowest BCUT2D eigenvalue weighted by Crippen LogP contribution is -2.47. The van der Waals surface area contributed by atoms with Gasteiger partial charge in [0.15, 0.2) is 0 Å². The Bertz CT molecular complexity index is 293. The Hall–Kier alpha value is -0.650. The lowest BCUT2D eigenvalue weighted by atomic mass is 9.94. The zero-order valence-electron chi connectivity index (χ0n) is 12.7. The van der Waals surface area contributed by atoms with Gasteiger partial charge in [-0.1, -0.05) is 6.92 Å². The van der Waals surface area contributed by atoms with Gasteiger partial charge in [-0.3, -0.25) is 9.69 Å². The minimum absolute atomic E-state index is 0.156. The second kappa shape index (κ2) is 8.60. The first-order valence-electron chi connectivity index (χ1n) is 8.09. The van der Waals surface area contributed by atoms with Crippen molar-refractivity contribution in [1.82, 2.24) is 15.5 Å². The fraction of sp³-hybridized carbons (Fsp3) is 0.933. The van der Waals surface area contributed by atoms with Gasteiger partial charge in [-0.25, -0.2) is 0 Å². The molecule has 2 aliphatic heterocycles. The molecule has 0 aliphatic carbocycles. The number of hydrogen-bond acceptors (Lipinski definition) is 4. The molecule has 0 aromatic heterocycles. The van der Waals surface area contributed by atoms with Crippen molar-refractivity contribution in [3.8, 4) is 0 Å². The van der Waals surface area contributed by atoms with Gasteiger partial charge in [0.1, 0.15) is 0 Å². The molecule has 2 atom stereocenters. The second-order valence-corrected chi connectivity index (χ2v) is 5.94. The van der Waals surface area contributed by atoms with E-state index < -0.39 is 0 Å². The number of piperidine rings is 1. The number of hydrogen-bond donors (Lipinski definition) is 2. The van der Waals surface area contributed by atoms with E-state index in [0.29, 0.717) is 18.9 Å². The highest BCUT2D eigenvalue weighted by atomic mass is 16.5. The van der Waals surface area contributed by atoms with Crippen molar-refractivity contribution in [2.45, 2.75) is 38.7 Å². The van der Waals surface area contributed by atoms with Gasteiger partial charge in [0.2, 0.25) is 5.91 Å². The molecule has 5 nitrogen and oxygen atoms in total. The molecule has 0 radical (unpaired) electrons. The molecule has 0 aromatic rings. The van der Waals surface area contributed by atoms with Crippen LogP contribution in [0.15, 0.2) is 0 Å². The molecule has 2 unspecified atom stereocenters. The van der Waals surface area contributed by atoms with Crippen LogP contribution >= 0.6 is 0 Å². The predicted molar refractivity (Wildman–Crippen MR) is 79.7 cm³/mol. The Morgan fingerprint density at radius 1 is 1.50 bits per heavy atom. The van der Waals surface area contributed by atoms with Gasteiger partial charge in [-0.05, 0) is 44.8 Å². The van der Waals surface area contributed by atoms with Gasteiger partial charge in [0, 0.05) is 26.1 Å². The minimum Gasteiger partial charge on any atom is -0.374 e. The average Bonchev–Trinajstić information content (AvgIpc) is 2.52. The Kier molecular flexibility index (Phi) is 6.76. The molecular weight excluding hydrogens is 254 g/mol. The van der Waals surface area contributed by atoms with E-state index in [0.717, 1.165) is 45.8 Å². The van der Waals surface area contributed by atoms with Crippen molar-refractivity contribution in [2.75, 3.05) is 45.9 Å². The fourth-order valence-corrected chi connectivity index (χ4v) is 3.01. The summed E-state index contributed by atoms with van der Waals surface area (Å²) < 4.78 is 5.69. The summed E-state index contributed by atoms with van der Waals surface area (Å²) in [6.07, 6.45) is 4.32. The zero-order valence-corrected chi connectivity index (χ0v) is 12.7. The number of amides is 1. The van der Waals surface area contributed by atoms with E-state index in [9.17, 15) is 4.79 Å². The van der Waals surface area contributed by atoms with E-state index >= 15 is 0 Å². The maximum Gasteiger partial charge on any atom is 0.220 e.